The zero-order valence-electron chi connectivity index (χ0n) is 22.9. The number of ether oxygens (including phenoxy) is 1. The van der Waals surface area contributed by atoms with E-state index in [1.54, 1.807) is 0 Å². The van der Waals surface area contributed by atoms with Crippen LogP contribution in [0.3, 0.4) is 0 Å². The Kier molecular flexibility index (Phi) is 17.1. The highest BCUT2D eigenvalue weighted by Crippen LogP contribution is 2.25. The molecule has 0 N–H and O–H groups in total. The monoisotopic (exact) mass is 452 g/mol. The summed E-state index contributed by atoms with van der Waals surface area (Å²) in [4.78, 5) is 25.5. The number of carbonyl (C=O) groups excluding carboxylic acids is 2. The third-order valence-corrected chi connectivity index (χ3v) is 6.53. The highest BCUT2D eigenvalue weighted by molar-refractivity contribution is 5.84. The maximum atomic E-state index is 12.9. The molecule has 190 valence electrons. The largest absolute Gasteiger partial charge is 0.464 e. The number of esters is 1. The van der Waals surface area contributed by atoms with Crippen molar-refractivity contribution in [1.82, 2.24) is 0 Å². The molecule has 0 heterocycles. The lowest BCUT2D eigenvalue weighted by Crippen LogP contribution is -2.32. The smallest absolute Gasteiger partial charge is 0.308 e. The molecular formula is C29H56O3. The Balaban J connectivity index is 4.45. The molecule has 0 aliphatic heterocycles. The van der Waals surface area contributed by atoms with E-state index in [0.29, 0.717) is 18.3 Å². The molecule has 0 spiro atoms. The van der Waals surface area contributed by atoms with Crippen molar-refractivity contribution in [3.05, 3.63) is 0 Å². The summed E-state index contributed by atoms with van der Waals surface area (Å²) in [5, 5.41) is 0. The molecule has 0 fully saturated rings. The molecule has 0 radical (unpaired) electrons. The van der Waals surface area contributed by atoms with E-state index in [-0.39, 0.29) is 24.3 Å². The summed E-state index contributed by atoms with van der Waals surface area (Å²) in [5.41, 5.74) is -0.591. The summed E-state index contributed by atoms with van der Waals surface area (Å²) in [6.07, 6.45) is 14.1. The highest BCUT2D eigenvalue weighted by Gasteiger charge is 2.30. The molecule has 32 heavy (non-hydrogen) atoms. The van der Waals surface area contributed by atoms with Crippen LogP contribution in [0.15, 0.2) is 0 Å². The van der Waals surface area contributed by atoms with Crippen LogP contribution in [0.2, 0.25) is 0 Å². The van der Waals surface area contributed by atoms with Crippen molar-refractivity contribution in [2.75, 3.05) is 6.61 Å². The first-order chi connectivity index (χ1) is 15.0. The van der Waals surface area contributed by atoms with Gasteiger partial charge in [0.2, 0.25) is 0 Å². The lowest BCUT2D eigenvalue weighted by molar-refractivity contribution is -0.154. The molecule has 0 rings (SSSR count). The van der Waals surface area contributed by atoms with Gasteiger partial charge < -0.3 is 4.74 Å². The van der Waals surface area contributed by atoms with Gasteiger partial charge in [-0.1, -0.05) is 99.3 Å². The topological polar surface area (TPSA) is 43.4 Å². The molecule has 0 aromatic carbocycles. The Bertz CT molecular complexity index is 491. The second-order valence-corrected chi connectivity index (χ2v) is 12.0. The molecule has 0 aromatic heterocycles. The van der Waals surface area contributed by atoms with Crippen molar-refractivity contribution in [3.63, 3.8) is 0 Å². The van der Waals surface area contributed by atoms with Crippen molar-refractivity contribution in [1.29, 1.82) is 0 Å². The first kappa shape index (κ1) is 31.1. The molecule has 0 bridgehead atoms. The van der Waals surface area contributed by atoms with Crippen LogP contribution in [0.5, 0.6) is 0 Å². The van der Waals surface area contributed by atoms with Gasteiger partial charge in [-0.2, -0.15) is 0 Å². The number of carbonyl (C=O) groups is 2. The molecule has 1 atom stereocenters. The van der Waals surface area contributed by atoms with Crippen LogP contribution in [0.25, 0.3) is 0 Å². The summed E-state index contributed by atoms with van der Waals surface area (Å²) >= 11 is 0. The molecule has 0 saturated heterocycles. The van der Waals surface area contributed by atoms with Crippen molar-refractivity contribution < 1.29 is 14.3 Å². The zero-order valence-corrected chi connectivity index (χ0v) is 22.9. The van der Waals surface area contributed by atoms with Crippen LogP contribution < -0.4 is 0 Å². The predicted octanol–water partition coefficient (Wildman–Crippen LogP) is 8.78. The number of hydrogen-bond acceptors (Lipinski definition) is 3. The van der Waals surface area contributed by atoms with E-state index in [9.17, 15) is 9.59 Å². The molecule has 3 nitrogen and oxygen atoms in total. The first-order valence-electron chi connectivity index (χ1n) is 13.7. The second kappa shape index (κ2) is 17.6. The minimum Gasteiger partial charge on any atom is -0.464 e. The van der Waals surface area contributed by atoms with Crippen LogP contribution in [0.1, 0.15) is 139 Å². The number of unbranched alkanes of at least 4 members (excludes halogenated alkanes) is 5. The molecule has 0 aliphatic rings. The van der Waals surface area contributed by atoms with Crippen LogP contribution in [-0.2, 0) is 14.3 Å². The van der Waals surface area contributed by atoms with E-state index in [2.05, 4.69) is 41.5 Å². The second-order valence-electron chi connectivity index (χ2n) is 12.0. The highest BCUT2D eigenvalue weighted by atomic mass is 16.5. The van der Waals surface area contributed by atoms with Gasteiger partial charge in [0, 0.05) is 6.42 Å². The van der Waals surface area contributed by atoms with Gasteiger partial charge in [0.25, 0.3) is 0 Å². The van der Waals surface area contributed by atoms with Gasteiger partial charge in [0.15, 0.2) is 0 Å². The summed E-state index contributed by atoms with van der Waals surface area (Å²) in [7, 11) is 0. The number of hydrogen-bond donors (Lipinski definition) is 0. The normalized spacial score (nSPS) is 13.2. The molecule has 0 aliphatic carbocycles. The molecular weight excluding hydrogens is 396 g/mol. The number of ketones is 1. The van der Waals surface area contributed by atoms with Crippen LogP contribution in [-0.4, -0.2) is 18.4 Å². The SMILES string of the molecule is CC(C)CCCCCCCC(CCC(C)C)C(=O)OCC(C)(C)C(=O)CCCCC(C)C. The lowest BCUT2D eigenvalue weighted by Gasteiger charge is -2.25. The Morgan fingerprint density at radius 1 is 0.625 bits per heavy atom. The summed E-state index contributed by atoms with van der Waals surface area (Å²) in [6, 6.07) is 0. The van der Waals surface area contributed by atoms with E-state index in [1.165, 1.54) is 32.1 Å². The van der Waals surface area contributed by atoms with Gasteiger partial charge >= 0.3 is 5.97 Å². The minimum absolute atomic E-state index is 0.0231. The average Bonchev–Trinajstić information content (AvgIpc) is 2.70. The third-order valence-electron chi connectivity index (χ3n) is 6.53. The standard InChI is InChI=1S/C29H56O3/c1-23(2)16-12-10-9-11-13-18-26(21-20-25(5)6)28(31)32-22-29(7,8)27(30)19-15-14-17-24(3)4/h23-26H,9-22H2,1-8H3. The minimum atomic E-state index is -0.591. The average molecular weight is 453 g/mol. The molecule has 1 unspecified atom stereocenters. The zero-order chi connectivity index (χ0) is 24.6. The van der Waals surface area contributed by atoms with E-state index in [4.69, 9.17) is 4.74 Å². The molecule has 0 amide bonds. The number of rotatable bonds is 20. The molecule has 3 heteroatoms. The quantitative estimate of drug-likeness (QED) is 0.137. The predicted molar refractivity (Wildman–Crippen MR) is 138 cm³/mol. The van der Waals surface area contributed by atoms with Crippen LogP contribution >= 0.6 is 0 Å². The Morgan fingerprint density at radius 2 is 1.09 bits per heavy atom. The van der Waals surface area contributed by atoms with E-state index in [1.807, 2.05) is 13.8 Å². The molecule has 0 saturated carbocycles. The van der Waals surface area contributed by atoms with Crippen LogP contribution in [0.4, 0.5) is 0 Å². The van der Waals surface area contributed by atoms with Gasteiger partial charge in [0.05, 0.1) is 11.3 Å². The van der Waals surface area contributed by atoms with Crippen molar-refractivity contribution >= 4 is 11.8 Å². The van der Waals surface area contributed by atoms with Gasteiger partial charge in [-0.3, -0.25) is 9.59 Å². The fourth-order valence-electron chi connectivity index (χ4n) is 4.01. The van der Waals surface area contributed by atoms with Gasteiger partial charge in [-0.05, 0) is 50.9 Å². The Morgan fingerprint density at radius 3 is 1.62 bits per heavy atom. The van der Waals surface area contributed by atoms with E-state index in [0.717, 1.165) is 50.9 Å². The summed E-state index contributed by atoms with van der Waals surface area (Å²) in [5.74, 6) is 2.17. The lowest BCUT2D eigenvalue weighted by atomic mass is 9.86. The Hall–Kier alpha value is -0.860. The van der Waals surface area contributed by atoms with Crippen LogP contribution in [0, 0.1) is 29.1 Å². The third kappa shape index (κ3) is 16.7. The van der Waals surface area contributed by atoms with Gasteiger partial charge in [0.1, 0.15) is 12.4 Å². The van der Waals surface area contributed by atoms with Gasteiger partial charge in [-0.15, -0.1) is 0 Å². The summed E-state index contributed by atoms with van der Waals surface area (Å²) < 4.78 is 5.73. The fraction of sp³-hybridized carbons (Fsp3) is 0.931. The first-order valence-corrected chi connectivity index (χ1v) is 13.7. The van der Waals surface area contributed by atoms with Gasteiger partial charge in [-0.25, -0.2) is 0 Å². The van der Waals surface area contributed by atoms with Crippen molar-refractivity contribution in [3.8, 4) is 0 Å². The van der Waals surface area contributed by atoms with E-state index >= 15 is 0 Å². The van der Waals surface area contributed by atoms with Crippen molar-refractivity contribution in [2.24, 2.45) is 29.1 Å². The molecule has 0 aromatic rings. The maximum Gasteiger partial charge on any atom is 0.308 e. The summed E-state index contributed by atoms with van der Waals surface area (Å²) in [6.45, 7) is 17.5. The van der Waals surface area contributed by atoms with Crippen molar-refractivity contribution in [2.45, 2.75) is 139 Å². The maximum absolute atomic E-state index is 12.9. The van der Waals surface area contributed by atoms with E-state index < -0.39 is 5.41 Å². The number of Topliss-reactive ketones (excluding diaryl/α,β-unsaturated/α-hetero) is 1. The Labute approximate surface area is 200 Å². The fourth-order valence-corrected chi connectivity index (χ4v) is 4.01.